The highest BCUT2D eigenvalue weighted by molar-refractivity contribution is 7.13. The maximum Gasteiger partial charge on any atom is 0.231 e. The summed E-state index contributed by atoms with van der Waals surface area (Å²) in [6.07, 6.45) is 1.03. The molecule has 5 nitrogen and oxygen atoms in total. The van der Waals surface area contributed by atoms with E-state index in [0.29, 0.717) is 24.5 Å². The van der Waals surface area contributed by atoms with Gasteiger partial charge in [-0.1, -0.05) is 20.8 Å². The summed E-state index contributed by atoms with van der Waals surface area (Å²) >= 11 is 1.44. The molecule has 0 bridgehead atoms. The smallest absolute Gasteiger partial charge is 0.231 e. The zero-order valence-electron chi connectivity index (χ0n) is 11.4. The van der Waals surface area contributed by atoms with Crippen molar-refractivity contribution in [3.05, 3.63) is 11.1 Å². The number of nitrogens with one attached hydrogen (secondary N) is 2. The molecule has 0 radical (unpaired) electrons. The third-order valence-corrected chi connectivity index (χ3v) is 3.90. The Balaban J connectivity index is 1.95. The summed E-state index contributed by atoms with van der Waals surface area (Å²) in [5.41, 5.74) is 0.961. The van der Waals surface area contributed by atoms with Crippen molar-refractivity contribution in [3.63, 3.8) is 0 Å². The van der Waals surface area contributed by atoms with Crippen LogP contribution in [0.2, 0.25) is 0 Å². The van der Waals surface area contributed by atoms with Crippen LogP contribution in [0.1, 0.15) is 39.3 Å². The zero-order valence-corrected chi connectivity index (χ0v) is 12.3. The normalized spacial score (nSPS) is 19.9. The van der Waals surface area contributed by atoms with Gasteiger partial charge in [-0.25, -0.2) is 4.98 Å². The van der Waals surface area contributed by atoms with E-state index in [4.69, 9.17) is 0 Å². The molecule has 1 aromatic rings. The van der Waals surface area contributed by atoms with Gasteiger partial charge in [-0.3, -0.25) is 9.59 Å². The van der Waals surface area contributed by atoms with Crippen molar-refractivity contribution in [1.82, 2.24) is 10.3 Å². The van der Waals surface area contributed by atoms with Crippen LogP contribution in [0.5, 0.6) is 0 Å². The molecule has 0 aromatic carbocycles. The number of aromatic nitrogens is 1. The maximum absolute atomic E-state index is 12.0. The zero-order chi connectivity index (χ0) is 14.0. The molecule has 0 saturated carbocycles. The average Bonchev–Trinajstić information content (AvgIpc) is 2.78. The summed E-state index contributed by atoms with van der Waals surface area (Å²) in [6.45, 7) is 6.68. The first-order valence-electron chi connectivity index (χ1n) is 6.40. The molecular formula is C13H19N3O2S. The van der Waals surface area contributed by atoms with E-state index in [1.54, 1.807) is 0 Å². The molecule has 6 heteroatoms. The summed E-state index contributed by atoms with van der Waals surface area (Å²) < 4.78 is 0. The van der Waals surface area contributed by atoms with Crippen molar-refractivity contribution in [3.8, 4) is 0 Å². The summed E-state index contributed by atoms with van der Waals surface area (Å²) in [5, 5.41) is 8.15. The fourth-order valence-corrected chi connectivity index (χ4v) is 2.78. The highest BCUT2D eigenvalue weighted by atomic mass is 32.1. The predicted octanol–water partition coefficient (Wildman–Crippen LogP) is 1.91. The fourth-order valence-electron chi connectivity index (χ4n) is 1.84. The Labute approximate surface area is 116 Å². The summed E-state index contributed by atoms with van der Waals surface area (Å²) in [5.74, 6) is -0.192. The van der Waals surface area contributed by atoms with Crippen LogP contribution < -0.4 is 10.6 Å². The van der Waals surface area contributed by atoms with E-state index in [2.05, 4.69) is 36.4 Å². The quantitative estimate of drug-likeness (QED) is 0.870. The number of hydrogen-bond acceptors (Lipinski definition) is 4. The molecule has 2 heterocycles. The number of thiazole rings is 1. The average molecular weight is 281 g/mol. The van der Waals surface area contributed by atoms with Gasteiger partial charge in [0.25, 0.3) is 0 Å². The molecule has 1 aliphatic rings. The highest BCUT2D eigenvalue weighted by Gasteiger charge is 2.25. The minimum Gasteiger partial charge on any atom is -0.355 e. The Morgan fingerprint density at radius 1 is 1.53 bits per heavy atom. The van der Waals surface area contributed by atoms with Crippen LogP contribution in [0, 0.1) is 5.92 Å². The van der Waals surface area contributed by atoms with Gasteiger partial charge in [0.1, 0.15) is 0 Å². The number of hydrogen-bond donors (Lipinski definition) is 2. The van der Waals surface area contributed by atoms with Gasteiger partial charge in [0.15, 0.2) is 5.13 Å². The summed E-state index contributed by atoms with van der Waals surface area (Å²) in [7, 11) is 0. The molecule has 1 saturated heterocycles. The second kappa shape index (κ2) is 5.28. The van der Waals surface area contributed by atoms with E-state index in [1.165, 1.54) is 11.3 Å². The lowest BCUT2D eigenvalue weighted by molar-refractivity contribution is -0.126. The Hall–Kier alpha value is -1.43. The molecule has 1 atom stereocenters. The Bertz CT molecular complexity index is 480. The van der Waals surface area contributed by atoms with Crippen LogP contribution in [0.15, 0.2) is 5.38 Å². The SMILES string of the molecule is CC(C)(C)c1csc(NC(=O)[C@H]2CCC(=O)NC2)n1. The molecule has 1 aromatic heterocycles. The van der Waals surface area contributed by atoms with Crippen molar-refractivity contribution in [2.45, 2.75) is 39.0 Å². The highest BCUT2D eigenvalue weighted by Crippen LogP contribution is 2.26. The molecule has 1 aliphatic heterocycles. The van der Waals surface area contributed by atoms with Gasteiger partial charge in [0.2, 0.25) is 11.8 Å². The standard InChI is InChI=1S/C13H19N3O2S/c1-13(2,3)9-7-19-12(15-9)16-11(18)8-4-5-10(17)14-6-8/h7-8H,4-6H2,1-3H3,(H,14,17)(H,15,16,18)/t8-/m0/s1. The number of anilines is 1. The minimum atomic E-state index is -0.153. The predicted molar refractivity (Wildman–Crippen MR) is 75.2 cm³/mol. The number of carbonyl (C=O) groups is 2. The number of amides is 2. The largest absolute Gasteiger partial charge is 0.355 e. The van der Waals surface area contributed by atoms with Crippen LogP contribution in [-0.4, -0.2) is 23.3 Å². The molecule has 0 unspecified atom stereocenters. The van der Waals surface area contributed by atoms with Crippen LogP contribution in [0.25, 0.3) is 0 Å². The second-order valence-electron chi connectivity index (χ2n) is 5.82. The Kier molecular flexibility index (Phi) is 3.89. The van der Waals surface area contributed by atoms with Crippen LogP contribution in [0.3, 0.4) is 0 Å². The maximum atomic E-state index is 12.0. The van der Waals surface area contributed by atoms with Gasteiger partial charge in [0, 0.05) is 23.8 Å². The number of nitrogens with zero attached hydrogens (tertiary/aromatic N) is 1. The van der Waals surface area contributed by atoms with Crippen molar-refractivity contribution in [2.75, 3.05) is 11.9 Å². The monoisotopic (exact) mass is 281 g/mol. The van der Waals surface area contributed by atoms with Crippen LogP contribution >= 0.6 is 11.3 Å². The van der Waals surface area contributed by atoms with Crippen LogP contribution in [-0.2, 0) is 15.0 Å². The van der Waals surface area contributed by atoms with Crippen molar-refractivity contribution >= 4 is 28.3 Å². The lowest BCUT2D eigenvalue weighted by Crippen LogP contribution is -2.40. The van der Waals surface area contributed by atoms with E-state index in [-0.39, 0.29) is 23.1 Å². The van der Waals surface area contributed by atoms with Crippen molar-refractivity contribution in [1.29, 1.82) is 0 Å². The third-order valence-electron chi connectivity index (χ3n) is 3.14. The molecule has 0 aliphatic carbocycles. The Morgan fingerprint density at radius 3 is 2.79 bits per heavy atom. The molecule has 19 heavy (non-hydrogen) atoms. The van der Waals surface area contributed by atoms with Gasteiger partial charge >= 0.3 is 0 Å². The van der Waals surface area contributed by atoms with Gasteiger partial charge in [-0.15, -0.1) is 11.3 Å². The van der Waals surface area contributed by atoms with E-state index < -0.39 is 0 Å². The first-order chi connectivity index (χ1) is 8.86. The molecule has 104 valence electrons. The lowest BCUT2D eigenvalue weighted by Gasteiger charge is -2.21. The third kappa shape index (κ3) is 3.53. The summed E-state index contributed by atoms with van der Waals surface area (Å²) in [4.78, 5) is 27.5. The second-order valence-corrected chi connectivity index (χ2v) is 6.67. The number of rotatable bonds is 2. The van der Waals surface area contributed by atoms with Crippen molar-refractivity contribution in [2.24, 2.45) is 5.92 Å². The summed E-state index contributed by atoms with van der Waals surface area (Å²) in [6, 6.07) is 0. The van der Waals surface area contributed by atoms with Crippen molar-refractivity contribution < 1.29 is 9.59 Å². The minimum absolute atomic E-state index is 0.0156. The molecule has 0 spiro atoms. The Morgan fingerprint density at radius 2 is 2.26 bits per heavy atom. The van der Waals surface area contributed by atoms with E-state index >= 15 is 0 Å². The molecule has 2 rings (SSSR count). The number of carbonyl (C=O) groups excluding carboxylic acids is 2. The van der Waals surface area contributed by atoms with E-state index in [9.17, 15) is 9.59 Å². The molecule has 2 N–H and O–H groups in total. The van der Waals surface area contributed by atoms with Crippen LogP contribution in [0.4, 0.5) is 5.13 Å². The molecule has 2 amide bonds. The van der Waals surface area contributed by atoms with E-state index in [0.717, 1.165) is 5.69 Å². The number of piperidine rings is 1. The molecule has 1 fully saturated rings. The molecular weight excluding hydrogens is 262 g/mol. The fraction of sp³-hybridized carbons (Fsp3) is 0.615. The topological polar surface area (TPSA) is 71.1 Å². The first-order valence-corrected chi connectivity index (χ1v) is 7.28. The van der Waals surface area contributed by atoms with Gasteiger partial charge in [-0.05, 0) is 6.42 Å². The first kappa shape index (κ1) is 14.0. The van der Waals surface area contributed by atoms with Gasteiger partial charge in [-0.2, -0.15) is 0 Å². The van der Waals surface area contributed by atoms with E-state index in [1.807, 2.05) is 5.38 Å². The lowest BCUT2D eigenvalue weighted by atomic mass is 9.93. The van der Waals surface area contributed by atoms with Gasteiger partial charge < -0.3 is 10.6 Å². The van der Waals surface area contributed by atoms with Gasteiger partial charge in [0.05, 0.1) is 11.6 Å².